The molecule has 0 unspecified atom stereocenters. The van der Waals surface area contributed by atoms with Gasteiger partial charge in [-0.2, -0.15) is 0 Å². The lowest BCUT2D eigenvalue weighted by atomic mass is 9.88. The third-order valence-electron chi connectivity index (χ3n) is 3.97. The molecule has 2 N–H and O–H groups in total. The average Bonchev–Trinajstić information content (AvgIpc) is 2.40. The number of hydrogen-bond donors (Lipinski definition) is 1. The van der Waals surface area contributed by atoms with Gasteiger partial charge >= 0.3 is 0 Å². The molecule has 3 heteroatoms. The van der Waals surface area contributed by atoms with E-state index < -0.39 is 0 Å². The van der Waals surface area contributed by atoms with Crippen molar-refractivity contribution in [3.8, 4) is 0 Å². The van der Waals surface area contributed by atoms with Gasteiger partial charge in [-0.15, -0.1) is 0 Å². The SMILES string of the molecule is CC(C)(CCN)CN1CCN(c2ccccc2)CC1. The van der Waals surface area contributed by atoms with Crippen LogP contribution < -0.4 is 10.6 Å². The quantitative estimate of drug-likeness (QED) is 0.882. The summed E-state index contributed by atoms with van der Waals surface area (Å²) in [4.78, 5) is 5.06. The van der Waals surface area contributed by atoms with Crippen LogP contribution in [0.3, 0.4) is 0 Å². The van der Waals surface area contributed by atoms with Gasteiger partial charge in [0.2, 0.25) is 0 Å². The van der Waals surface area contributed by atoms with Gasteiger partial charge in [0.1, 0.15) is 0 Å². The summed E-state index contributed by atoms with van der Waals surface area (Å²) in [6.45, 7) is 11.2. The number of benzene rings is 1. The molecule has 2 rings (SSSR count). The molecule has 0 spiro atoms. The number of rotatable bonds is 5. The summed E-state index contributed by atoms with van der Waals surface area (Å²) < 4.78 is 0. The van der Waals surface area contributed by atoms with E-state index in [1.807, 2.05) is 0 Å². The summed E-state index contributed by atoms with van der Waals surface area (Å²) in [6.07, 6.45) is 1.10. The van der Waals surface area contributed by atoms with Crippen molar-refractivity contribution in [2.45, 2.75) is 20.3 Å². The van der Waals surface area contributed by atoms with Crippen LogP contribution >= 0.6 is 0 Å². The van der Waals surface area contributed by atoms with E-state index in [0.717, 1.165) is 45.7 Å². The minimum Gasteiger partial charge on any atom is -0.369 e. The number of hydrogen-bond acceptors (Lipinski definition) is 3. The van der Waals surface area contributed by atoms with Crippen LogP contribution in [0, 0.1) is 5.41 Å². The van der Waals surface area contributed by atoms with Crippen LogP contribution in [-0.2, 0) is 0 Å². The predicted octanol–water partition coefficient (Wildman–Crippen LogP) is 2.18. The molecule has 0 saturated carbocycles. The summed E-state index contributed by atoms with van der Waals surface area (Å²) in [5, 5.41) is 0. The van der Waals surface area contributed by atoms with Crippen molar-refractivity contribution in [2.75, 3.05) is 44.2 Å². The van der Waals surface area contributed by atoms with Crippen molar-refractivity contribution in [3.63, 3.8) is 0 Å². The Kier molecular flexibility index (Phi) is 4.83. The van der Waals surface area contributed by atoms with Gasteiger partial charge in [-0.3, -0.25) is 4.90 Å². The Morgan fingerprint density at radius 3 is 2.26 bits per heavy atom. The van der Waals surface area contributed by atoms with Crippen LogP contribution in [0.15, 0.2) is 30.3 Å². The van der Waals surface area contributed by atoms with E-state index in [1.165, 1.54) is 5.69 Å². The zero-order valence-corrected chi connectivity index (χ0v) is 12.3. The molecule has 1 aromatic carbocycles. The van der Waals surface area contributed by atoms with Gasteiger partial charge < -0.3 is 10.6 Å². The van der Waals surface area contributed by atoms with Crippen LogP contribution in [-0.4, -0.2) is 44.2 Å². The van der Waals surface area contributed by atoms with Crippen molar-refractivity contribution in [1.82, 2.24) is 4.90 Å². The maximum absolute atomic E-state index is 5.69. The molecule has 1 fully saturated rings. The molecule has 1 aliphatic heterocycles. The Balaban J connectivity index is 1.83. The van der Waals surface area contributed by atoms with Gasteiger partial charge in [0.05, 0.1) is 0 Å². The first-order valence-electron chi connectivity index (χ1n) is 7.33. The highest BCUT2D eigenvalue weighted by Crippen LogP contribution is 2.23. The van der Waals surface area contributed by atoms with Crippen molar-refractivity contribution in [1.29, 1.82) is 0 Å². The minimum atomic E-state index is 0.337. The molecule has 0 radical (unpaired) electrons. The first-order valence-corrected chi connectivity index (χ1v) is 7.33. The monoisotopic (exact) mass is 261 g/mol. The number of nitrogens with zero attached hydrogens (tertiary/aromatic N) is 2. The summed E-state index contributed by atoms with van der Waals surface area (Å²) in [7, 11) is 0. The normalized spacial score (nSPS) is 17.7. The van der Waals surface area contributed by atoms with Crippen molar-refractivity contribution in [3.05, 3.63) is 30.3 Å². The third-order valence-corrected chi connectivity index (χ3v) is 3.97. The topological polar surface area (TPSA) is 32.5 Å². The predicted molar refractivity (Wildman–Crippen MR) is 82.5 cm³/mol. The largest absolute Gasteiger partial charge is 0.369 e. The fraction of sp³-hybridized carbons (Fsp3) is 0.625. The Morgan fingerprint density at radius 2 is 1.68 bits per heavy atom. The second-order valence-corrected chi connectivity index (χ2v) is 6.30. The van der Waals surface area contributed by atoms with Crippen LogP contribution in [0.2, 0.25) is 0 Å². The minimum absolute atomic E-state index is 0.337. The molecule has 1 aromatic rings. The summed E-state index contributed by atoms with van der Waals surface area (Å²) >= 11 is 0. The second-order valence-electron chi connectivity index (χ2n) is 6.30. The highest BCUT2D eigenvalue weighted by Gasteiger charge is 2.24. The molecule has 1 heterocycles. The Bertz CT molecular complexity index is 367. The Morgan fingerprint density at radius 1 is 1.05 bits per heavy atom. The number of nitrogens with two attached hydrogens (primary N) is 1. The fourth-order valence-corrected chi connectivity index (χ4v) is 2.88. The highest BCUT2D eigenvalue weighted by molar-refractivity contribution is 5.46. The van der Waals surface area contributed by atoms with Gasteiger partial charge in [-0.05, 0) is 30.5 Å². The maximum atomic E-state index is 5.69. The van der Waals surface area contributed by atoms with E-state index >= 15 is 0 Å². The third kappa shape index (κ3) is 4.22. The zero-order chi connectivity index (χ0) is 13.7. The zero-order valence-electron chi connectivity index (χ0n) is 12.3. The van der Waals surface area contributed by atoms with Gasteiger partial charge in [-0.25, -0.2) is 0 Å². The lowest BCUT2D eigenvalue weighted by Gasteiger charge is -2.39. The Labute approximate surface area is 117 Å². The van der Waals surface area contributed by atoms with Gasteiger partial charge in [0.25, 0.3) is 0 Å². The Hall–Kier alpha value is -1.06. The highest BCUT2D eigenvalue weighted by atomic mass is 15.3. The second kappa shape index (κ2) is 6.40. The molecule has 3 nitrogen and oxygen atoms in total. The fourth-order valence-electron chi connectivity index (χ4n) is 2.88. The molecule has 1 saturated heterocycles. The van der Waals surface area contributed by atoms with Crippen LogP contribution in [0.4, 0.5) is 5.69 Å². The van der Waals surface area contributed by atoms with Gasteiger partial charge in [0.15, 0.2) is 0 Å². The van der Waals surface area contributed by atoms with Crippen molar-refractivity contribution in [2.24, 2.45) is 11.1 Å². The van der Waals surface area contributed by atoms with Crippen LogP contribution in [0.5, 0.6) is 0 Å². The van der Waals surface area contributed by atoms with E-state index in [1.54, 1.807) is 0 Å². The first kappa shape index (κ1) is 14.4. The lowest BCUT2D eigenvalue weighted by molar-refractivity contribution is 0.163. The van der Waals surface area contributed by atoms with E-state index in [2.05, 4.69) is 54.0 Å². The van der Waals surface area contributed by atoms with Gasteiger partial charge in [-0.1, -0.05) is 32.0 Å². The average molecular weight is 261 g/mol. The van der Waals surface area contributed by atoms with Crippen LogP contribution in [0.1, 0.15) is 20.3 Å². The lowest BCUT2D eigenvalue weighted by Crippen LogP contribution is -2.49. The van der Waals surface area contributed by atoms with E-state index in [-0.39, 0.29) is 0 Å². The number of anilines is 1. The smallest absolute Gasteiger partial charge is 0.0367 e. The summed E-state index contributed by atoms with van der Waals surface area (Å²) in [6, 6.07) is 10.7. The molecule has 106 valence electrons. The molecule has 0 atom stereocenters. The van der Waals surface area contributed by atoms with Gasteiger partial charge in [0, 0.05) is 38.4 Å². The van der Waals surface area contributed by atoms with Crippen molar-refractivity contribution < 1.29 is 0 Å². The molecule has 0 aromatic heterocycles. The van der Waals surface area contributed by atoms with Crippen LogP contribution in [0.25, 0.3) is 0 Å². The molecule has 19 heavy (non-hydrogen) atoms. The first-order chi connectivity index (χ1) is 9.11. The molecule has 0 bridgehead atoms. The van der Waals surface area contributed by atoms with E-state index in [4.69, 9.17) is 5.73 Å². The number of piperazine rings is 1. The van der Waals surface area contributed by atoms with E-state index in [9.17, 15) is 0 Å². The van der Waals surface area contributed by atoms with Crippen molar-refractivity contribution >= 4 is 5.69 Å². The maximum Gasteiger partial charge on any atom is 0.0367 e. The molecule has 0 amide bonds. The standard InChI is InChI=1S/C16H27N3/c1-16(2,8-9-17)14-18-10-12-19(13-11-18)15-6-4-3-5-7-15/h3-7H,8-14,17H2,1-2H3. The molecule has 0 aliphatic carbocycles. The number of para-hydroxylation sites is 1. The van der Waals surface area contributed by atoms with E-state index in [0.29, 0.717) is 5.41 Å². The molecular weight excluding hydrogens is 234 g/mol. The molecule has 1 aliphatic rings. The summed E-state index contributed by atoms with van der Waals surface area (Å²) in [5.74, 6) is 0. The summed E-state index contributed by atoms with van der Waals surface area (Å²) in [5.41, 5.74) is 7.38. The molecular formula is C16H27N3.